The standard InChI is InChI=1S/C24H18N2O5S/c1-12-4-9-17-16(10-12)20(27)18-19(14-5-7-15(8-6-14)23(29)30-3)26(22(28)21(18)31-17)24-25-13(2)11-32-24/h4-11,19H,1-3H3/t19-/m0/s1. The summed E-state index contributed by atoms with van der Waals surface area (Å²) >= 11 is 1.32. The molecule has 0 spiro atoms. The maximum atomic E-state index is 13.6. The summed E-state index contributed by atoms with van der Waals surface area (Å²) in [6.07, 6.45) is 0. The van der Waals surface area contributed by atoms with Crippen molar-refractivity contribution in [1.82, 2.24) is 4.98 Å². The summed E-state index contributed by atoms with van der Waals surface area (Å²) in [5, 5.41) is 2.74. The molecule has 1 amide bonds. The predicted molar refractivity (Wildman–Crippen MR) is 121 cm³/mol. The number of aryl methyl sites for hydroxylation is 2. The van der Waals surface area contributed by atoms with Crippen molar-refractivity contribution in [2.24, 2.45) is 0 Å². The van der Waals surface area contributed by atoms with Gasteiger partial charge in [-0.3, -0.25) is 14.5 Å². The zero-order valence-electron chi connectivity index (χ0n) is 17.5. The third-order valence-corrected chi connectivity index (χ3v) is 6.44. The first-order valence-corrected chi connectivity index (χ1v) is 10.8. The third-order valence-electron chi connectivity index (χ3n) is 5.49. The van der Waals surface area contributed by atoms with Gasteiger partial charge in [-0.1, -0.05) is 23.8 Å². The van der Waals surface area contributed by atoms with Gasteiger partial charge in [-0.2, -0.15) is 0 Å². The number of ether oxygens (including phenoxy) is 1. The van der Waals surface area contributed by atoms with Crippen LogP contribution in [-0.2, 0) is 4.74 Å². The summed E-state index contributed by atoms with van der Waals surface area (Å²) in [5.41, 5.74) is 3.11. The number of aromatic nitrogens is 1. The Bertz CT molecular complexity index is 1450. The van der Waals surface area contributed by atoms with Crippen LogP contribution in [-0.4, -0.2) is 24.0 Å². The Morgan fingerprint density at radius 2 is 1.88 bits per heavy atom. The molecular weight excluding hydrogens is 428 g/mol. The number of carbonyl (C=O) groups excluding carboxylic acids is 2. The normalized spacial score (nSPS) is 15.3. The van der Waals surface area contributed by atoms with Crippen molar-refractivity contribution in [2.45, 2.75) is 19.9 Å². The number of hydrogen-bond donors (Lipinski definition) is 0. The van der Waals surface area contributed by atoms with Crippen molar-refractivity contribution in [3.63, 3.8) is 0 Å². The second-order valence-electron chi connectivity index (χ2n) is 7.64. The van der Waals surface area contributed by atoms with Gasteiger partial charge in [0.05, 0.1) is 35.4 Å². The summed E-state index contributed by atoms with van der Waals surface area (Å²) in [7, 11) is 1.31. The van der Waals surface area contributed by atoms with Crippen LogP contribution in [0.15, 0.2) is 57.1 Å². The second kappa shape index (κ2) is 7.42. The van der Waals surface area contributed by atoms with Gasteiger partial charge in [0.2, 0.25) is 5.76 Å². The van der Waals surface area contributed by atoms with Crippen molar-refractivity contribution < 1.29 is 18.7 Å². The number of nitrogens with zero attached hydrogens (tertiary/aromatic N) is 2. The third kappa shape index (κ3) is 3.03. The number of methoxy groups -OCH3 is 1. The second-order valence-corrected chi connectivity index (χ2v) is 8.47. The maximum Gasteiger partial charge on any atom is 0.337 e. The van der Waals surface area contributed by atoms with E-state index in [-0.39, 0.29) is 16.8 Å². The lowest BCUT2D eigenvalue weighted by molar-refractivity contribution is 0.0600. The van der Waals surface area contributed by atoms with E-state index in [0.717, 1.165) is 11.3 Å². The van der Waals surface area contributed by atoms with Crippen LogP contribution in [0.5, 0.6) is 0 Å². The molecule has 3 heterocycles. The summed E-state index contributed by atoms with van der Waals surface area (Å²) < 4.78 is 10.7. The topological polar surface area (TPSA) is 89.7 Å². The monoisotopic (exact) mass is 446 g/mol. The molecule has 5 rings (SSSR count). The molecule has 0 unspecified atom stereocenters. The smallest absolute Gasteiger partial charge is 0.337 e. The van der Waals surface area contributed by atoms with Crippen molar-refractivity contribution in [3.05, 3.63) is 91.8 Å². The predicted octanol–water partition coefficient (Wildman–Crippen LogP) is 4.40. The van der Waals surface area contributed by atoms with Crippen LogP contribution in [0.4, 0.5) is 5.13 Å². The van der Waals surface area contributed by atoms with E-state index in [2.05, 4.69) is 4.98 Å². The molecule has 1 aliphatic heterocycles. The van der Waals surface area contributed by atoms with E-state index in [4.69, 9.17) is 9.15 Å². The lowest BCUT2D eigenvalue weighted by Crippen LogP contribution is -2.29. The summed E-state index contributed by atoms with van der Waals surface area (Å²) in [6.45, 7) is 3.74. The van der Waals surface area contributed by atoms with Gasteiger partial charge in [-0.25, -0.2) is 9.78 Å². The number of thiazole rings is 1. The molecule has 0 aliphatic carbocycles. The van der Waals surface area contributed by atoms with Gasteiger partial charge in [0.1, 0.15) is 5.58 Å². The largest absolute Gasteiger partial charge is 0.465 e. The van der Waals surface area contributed by atoms with E-state index < -0.39 is 17.9 Å². The maximum absolute atomic E-state index is 13.6. The number of amides is 1. The van der Waals surface area contributed by atoms with Gasteiger partial charge in [-0.05, 0) is 43.7 Å². The molecular formula is C24H18N2O5S. The molecule has 1 aliphatic rings. The molecule has 0 saturated carbocycles. The lowest BCUT2D eigenvalue weighted by Gasteiger charge is -2.22. The average molecular weight is 446 g/mol. The first-order chi connectivity index (χ1) is 15.4. The van der Waals surface area contributed by atoms with Gasteiger partial charge in [0.15, 0.2) is 10.6 Å². The first-order valence-electron chi connectivity index (χ1n) is 9.90. The van der Waals surface area contributed by atoms with E-state index in [1.165, 1.54) is 23.3 Å². The fourth-order valence-corrected chi connectivity index (χ4v) is 4.80. The molecule has 0 fully saturated rings. The van der Waals surface area contributed by atoms with Crippen LogP contribution < -0.4 is 10.3 Å². The SMILES string of the molecule is COC(=O)c1ccc([C@H]2c3c(oc4ccc(C)cc4c3=O)C(=O)N2c2nc(C)cs2)cc1. The van der Waals surface area contributed by atoms with E-state index in [0.29, 0.717) is 27.2 Å². The highest BCUT2D eigenvalue weighted by Gasteiger charge is 2.44. The lowest BCUT2D eigenvalue weighted by atomic mass is 9.97. The molecule has 0 radical (unpaired) electrons. The molecule has 0 N–H and O–H groups in total. The molecule has 32 heavy (non-hydrogen) atoms. The first kappa shape index (κ1) is 20.1. The van der Waals surface area contributed by atoms with Crippen molar-refractivity contribution in [2.75, 3.05) is 12.0 Å². The fourth-order valence-electron chi connectivity index (χ4n) is 3.97. The Kier molecular flexibility index (Phi) is 4.67. The molecule has 0 saturated heterocycles. The van der Waals surface area contributed by atoms with Gasteiger partial charge >= 0.3 is 5.97 Å². The van der Waals surface area contributed by atoms with Gasteiger partial charge < -0.3 is 9.15 Å². The molecule has 4 aromatic rings. The van der Waals surface area contributed by atoms with Crippen LogP contribution >= 0.6 is 11.3 Å². The molecule has 0 bridgehead atoms. The van der Waals surface area contributed by atoms with Crippen molar-refractivity contribution in [1.29, 1.82) is 0 Å². The Hall–Kier alpha value is -3.78. The van der Waals surface area contributed by atoms with Crippen LogP contribution in [0.25, 0.3) is 11.0 Å². The number of rotatable bonds is 3. The number of carbonyl (C=O) groups is 2. The van der Waals surface area contributed by atoms with E-state index in [1.54, 1.807) is 36.4 Å². The minimum Gasteiger partial charge on any atom is -0.465 e. The average Bonchev–Trinajstić information content (AvgIpc) is 3.35. The Labute approximate surface area is 186 Å². The van der Waals surface area contributed by atoms with Crippen LogP contribution in [0.1, 0.15) is 49.3 Å². The zero-order valence-corrected chi connectivity index (χ0v) is 18.4. The van der Waals surface area contributed by atoms with Crippen molar-refractivity contribution >= 4 is 39.3 Å². The molecule has 7 nitrogen and oxygen atoms in total. The summed E-state index contributed by atoms with van der Waals surface area (Å²) in [6, 6.07) is 11.2. The van der Waals surface area contributed by atoms with E-state index in [1.807, 2.05) is 25.3 Å². The minimum atomic E-state index is -0.726. The molecule has 160 valence electrons. The fraction of sp³-hybridized carbons (Fsp3) is 0.167. The van der Waals surface area contributed by atoms with Crippen molar-refractivity contribution in [3.8, 4) is 0 Å². The van der Waals surface area contributed by atoms with Gasteiger partial charge in [-0.15, -0.1) is 11.3 Å². The van der Waals surface area contributed by atoms with Crippen LogP contribution in [0.2, 0.25) is 0 Å². The van der Waals surface area contributed by atoms with E-state index >= 15 is 0 Å². The summed E-state index contributed by atoms with van der Waals surface area (Å²) in [5.74, 6) is -0.870. The van der Waals surface area contributed by atoms with Gasteiger partial charge in [0, 0.05) is 5.38 Å². The van der Waals surface area contributed by atoms with Crippen LogP contribution in [0, 0.1) is 13.8 Å². The number of esters is 1. The Balaban J connectivity index is 1.76. The zero-order chi connectivity index (χ0) is 22.6. The highest BCUT2D eigenvalue weighted by atomic mass is 32.1. The number of anilines is 1. The quantitative estimate of drug-likeness (QED) is 0.433. The minimum absolute atomic E-state index is 0.0150. The molecule has 2 aromatic carbocycles. The highest BCUT2D eigenvalue weighted by Crippen LogP contribution is 2.42. The van der Waals surface area contributed by atoms with E-state index in [9.17, 15) is 14.4 Å². The number of benzene rings is 2. The highest BCUT2D eigenvalue weighted by molar-refractivity contribution is 7.14. The molecule has 1 atom stereocenters. The number of hydrogen-bond acceptors (Lipinski definition) is 7. The summed E-state index contributed by atoms with van der Waals surface area (Å²) in [4.78, 5) is 44.9. The Morgan fingerprint density at radius 3 is 2.53 bits per heavy atom. The molecule has 8 heteroatoms. The molecule has 2 aromatic heterocycles. The van der Waals surface area contributed by atoms with Crippen LogP contribution in [0.3, 0.4) is 0 Å². The number of fused-ring (bicyclic) bond motifs is 2. The Morgan fingerprint density at radius 1 is 1.12 bits per heavy atom. The van der Waals surface area contributed by atoms with Gasteiger partial charge in [0.25, 0.3) is 5.91 Å².